The highest BCUT2D eigenvalue weighted by Gasteiger charge is 2.17. The van der Waals surface area contributed by atoms with Gasteiger partial charge in [0.15, 0.2) is 6.73 Å². The van der Waals surface area contributed by atoms with Crippen LogP contribution in [0.1, 0.15) is 13.3 Å². The van der Waals surface area contributed by atoms with E-state index in [1.165, 1.54) is 5.69 Å². The van der Waals surface area contributed by atoms with E-state index in [-0.39, 0.29) is 0 Å². The van der Waals surface area contributed by atoms with Crippen LogP contribution in [-0.2, 0) is 0 Å². The summed E-state index contributed by atoms with van der Waals surface area (Å²) in [6.07, 6.45) is 1.16. The lowest BCUT2D eigenvalue weighted by atomic mass is 10.3. The van der Waals surface area contributed by atoms with Gasteiger partial charge in [-0.1, -0.05) is 19.1 Å². The first-order valence-electron chi connectivity index (χ1n) is 4.38. The first kappa shape index (κ1) is 7.47. The second kappa shape index (κ2) is 3.05. The van der Waals surface area contributed by atoms with Gasteiger partial charge in [-0.25, -0.2) is 0 Å². The molecule has 64 valence electrons. The van der Waals surface area contributed by atoms with E-state index in [9.17, 15) is 0 Å². The number of hydrogen-bond acceptors (Lipinski definition) is 2. The summed E-state index contributed by atoms with van der Waals surface area (Å²) < 4.78 is 5.49. The van der Waals surface area contributed by atoms with Crippen molar-refractivity contribution < 1.29 is 4.74 Å². The third-order valence-corrected chi connectivity index (χ3v) is 2.08. The highest BCUT2D eigenvalue weighted by atomic mass is 16.5. The molecule has 2 heteroatoms. The molecular formula is C10H13NO. The molecule has 0 atom stereocenters. The molecule has 0 saturated carbocycles. The van der Waals surface area contributed by atoms with Crippen LogP contribution in [0.4, 0.5) is 5.69 Å². The molecule has 2 nitrogen and oxygen atoms in total. The molecule has 2 rings (SSSR count). The first-order valence-corrected chi connectivity index (χ1v) is 4.38. The van der Waals surface area contributed by atoms with Crippen molar-refractivity contribution in [2.45, 2.75) is 13.3 Å². The number of benzene rings is 1. The number of ether oxygens (including phenoxy) is 1. The molecule has 0 aromatic heterocycles. The van der Waals surface area contributed by atoms with Gasteiger partial charge in [-0.15, -0.1) is 0 Å². The monoisotopic (exact) mass is 163 g/mol. The van der Waals surface area contributed by atoms with Gasteiger partial charge in [0, 0.05) is 6.54 Å². The van der Waals surface area contributed by atoms with E-state index in [1.54, 1.807) is 0 Å². The third kappa shape index (κ3) is 1.13. The maximum Gasteiger partial charge on any atom is 0.161 e. The molecule has 0 spiro atoms. The minimum absolute atomic E-state index is 0.715. The molecule has 1 aromatic rings. The Morgan fingerprint density at radius 2 is 2.25 bits per heavy atom. The van der Waals surface area contributed by atoms with Crippen molar-refractivity contribution in [1.29, 1.82) is 0 Å². The molecule has 0 unspecified atom stereocenters. The zero-order chi connectivity index (χ0) is 8.39. The van der Waals surface area contributed by atoms with Crippen molar-refractivity contribution in [2.75, 3.05) is 18.2 Å². The Morgan fingerprint density at radius 1 is 1.42 bits per heavy atom. The molecule has 0 radical (unpaired) electrons. The van der Waals surface area contributed by atoms with Crippen molar-refractivity contribution in [3.63, 3.8) is 0 Å². The van der Waals surface area contributed by atoms with Crippen LogP contribution in [0.15, 0.2) is 24.3 Å². The molecule has 0 saturated heterocycles. The van der Waals surface area contributed by atoms with Gasteiger partial charge in [-0.05, 0) is 18.6 Å². The lowest BCUT2D eigenvalue weighted by Crippen LogP contribution is -2.22. The first-order chi connectivity index (χ1) is 5.92. The van der Waals surface area contributed by atoms with Crippen LogP contribution in [0.5, 0.6) is 5.75 Å². The van der Waals surface area contributed by atoms with Crippen molar-refractivity contribution in [1.82, 2.24) is 0 Å². The van der Waals surface area contributed by atoms with Crippen molar-refractivity contribution >= 4 is 5.69 Å². The lowest BCUT2D eigenvalue weighted by molar-refractivity contribution is 0.346. The molecule has 1 aliphatic rings. The Balaban J connectivity index is 2.24. The summed E-state index contributed by atoms with van der Waals surface area (Å²) >= 11 is 0. The smallest absolute Gasteiger partial charge is 0.161 e. The molecule has 0 bridgehead atoms. The Hall–Kier alpha value is -1.18. The third-order valence-electron chi connectivity index (χ3n) is 2.08. The van der Waals surface area contributed by atoms with E-state index in [2.05, 4.69) is 24.0 Å². The molecule has 1 aromatic carbocycles. The lowest BCUT2D eigenvalue weighted by Gasteiger charge is -2.14. The van der Waals surface area contributed by atoms with Gasteiger partial charge < -0.3 is 9.64 Å². The van der Waals surface area contributed by atoms with Crippen LogP contribution in [0.2, 0.25) is 0 Å². The number of nitrogens with zero attached hydrogens (tertiary/aromatic N) is 1. The zero-order valence-electron chi connectivity index (χ0n) is 7.29. The summed E-state index contributed by atoms with van der Waals surface area (Å²) in [5, 5.41) is 0. The summed E-state index contributed by atoms with van der Waals surface area (Å²) in [4.78, 5) is 2.26. The fraction of sp³-hybridized carbons (Fsp3) is 0.400. The van der Waals surface area contributed by atoms with Crippen LogP contribution < -0.4 is 9.64 Å². The van der Waals surface area contributed by atoms with Gasteiger partial charge in [0.2, 0.25) is 0 Å². The van der Waals surface area contributed by atoms with Gasteiger partial charge in [0.05, 0.1) is 5.69 Å². The van der Waals surface area contributed by atoms with Gasteiger partial charge in [0.25, 0.3) is 0 Å². The summed E-state index contributed by atoms with van der Waals surface area (Å²) in [7, 11) is 0. The molecule has 0 fully saturated rings. The standard InChI is InChI=1S/C10H13NO/c1-2-7-11-8-12-10-6-4-3-5-9(10)11/h3-6H,2,7-8H2,1H3. The summed E-state index contributed by atoms with van der Waals surface area (Å²) in [6, 6.07) is 8.19. The minimum Gasteiger partial charge on any atom is -0.471 e. The average Bonchev–Trinajstić information content (AvgIpc) is 2.50. The van der Waals surface area contributed by atoms with E-state index in [1.807, 2.05) is 12.1 Å². The molecule has 0 amide bonds. The van der Waals surface area contributed by atoms with E-state index in [0.717, 1.165) is 18.7 Å². The van der Waals surface area contributed by atoms with Gasteiger partial charge in [0.1, 0.15) is 5.75 Å². The number of hydrogen-bond donors (Lipinski definition) is 0. The van der Waals surface area contributed by atoms with E-state index >= 15 is 0 Å². The van der Waals surface area contributed by atoms with E-state index in [4.69, 9.17) is 4.74 Å². The molecule has 1 aliphatic heterocycles. The molecule has 12 heavy (non-hydrogen) atoms. The second-order valence-electron chi connectivity index (χ2n) is 3.00. The van der Waals surface area contributed by atoms with Gasteiger partial charge in [-0.2, -0.15) is 0 Å². The predicted octanol–water partition coefficient (Wildman–Crippen LogP) is 2.25. The van der Waals surface area contributed by atoms with E-state index in [0.29, 0.717) is 6.73 Å². The number of rotatable bonds is 2. The fourth-order valence-electron chi connectivity index (χ4n) is 1.51. The summed E-state index contributed by atoms with van der Waals surface area (Å²) in [5.74, 6) is 1.02. The molecule has 0 N–H and O–H groups in total. The van der Waals surface area contributed by atoms with Crippen LogP contribution >= 0.6 is 0 Å². The van der Waals surface area contributed by atoms with E-state index < -0.39 is 0 Å². The normalized spacial score (nSPS) is 14.2. The summed E-state index contributed by atoms with van der Waals surface area (Å²) in [6.45, 7) is 3.98. The Morgan fingerprint density at radius 3 is 3.08 bits per heavy atom. The average molecular weight is 163 g/mol. The quantitative estimate of drug-likeness (QED) is 0.663. The summed E-state index contributed by atoms with van der Waals surface area (Å²) in [5.41, 5.74) is 1.24. The Labute approximate surface area is 72.8 Å². The Kier molecular flexibility index (Phi) is 1.90. The van der Waals surface area contributed by atoms with Crippen molar-refractivity contribution in [3.05, 3.63) is 24.3 Å². The number of para-hydroxylation sites is 2. The van der Waals surface area contributed by atoms with Crippen molar-refractivity contribution in [2.24, 2.45) is 0 Å². The highest BCUT2D eigenvalue weighted by Crippen LogP contribution is 2.32. The number of anilines is 1. The largest absolute Gasteiger partial charge is 0.471 e. The van der Waals surface area contributed by atoms with Crippen LogP contribution in [0, 0.1) is 0 Å². The van der Waals surface area contributed by atoms with Crippen LogP contribution in [0.25, 0.3) is 0 Å². The SMILES string of the molecule is CCCN1COc2ccccc21. The molecule has 1 heterocycles. The van der Waals surface area contributed by atoms with Gasteiger partial charge in [-0.3, -0.25) is 0 Å². The minimum atomic E-state index is 0.715. The molecule has 0 aliphatic carbocycles. The number of fused-ring (bicyclic) bond motifs is 1. The van der Waals surface area contributed by atoms with Crippen LogP contribution in [0.3, 0.4) is 0 Å². The second-order valence-corrected chi connectivity index (χ2v) is 3.00. The van der Waals surface area contributed by atoms with Crippen molar-refractivity contribution in [3.8, 4) is 5.75 Å². The van der Waals surface area contributed by atoms with Gasteiger partial charge >= 0.3 is 0 Å². The highest BCUT2D eigenvalue weighted by molar-refractivity contribution is 5.60. The maximum atomic E-state index is 5.49. The Bertz CT molecular complexity index is 270. The zero-order valence-corrected chi connectivity index (χ0v) is 7.29. The maximum absolute atomic E-state index is 5.49. The predicted molar refractivity (Wildman–Crippen MR) is 49.6 cm³/mol. The topological polar surface area (TPSA) is 12.5 Å². The fourth-order valence-corrected chi connectivity index (χ4v) is 1.51. The van der Waals surface area contributed by atoms with Crippen LogP contribution in [-0.4, -0.2) is 13.3 Å². The molecular weight excluding hydrogens is 150 g/mol.